The summed E-state index contributed by atoms with van der Waals surface area (Å²) in [6.07, 6.45) is 7.69. The van der Waals surface area contributed by atoms with Crippen molar-refractivity contribution in [3.63, 3.8) is 0 Å². The fourth-order valence-corrected chi connectivity index (χ4v) is 16.6. The molecule has 10 bridgehead atoms. The van der Waals surface area contributed by atoms with E-state index >= 15 is 0 Å². The maximum Gasteiger partial charge on any atom is 0.316 e. The number of hydrogen-bond acceptors (Lipinski definition) is 22. The first kappa shape index (κ1) is 65.1. The van der Waals surface area contributed by atoms with Crippen LogP contribution >= 0.6 is 0 Å². The second kappa shape index (κ2) is 23.9. The summed E-state index contributed by atoms with van der Waals surface area (Å²) >= 11 is 0. The van der Waals surface area contributed by atoms with Crippen LogP contribution in [0.5, 0.6) is 0 Å². The van der Waals surface area contributed by atoms with Gasteiger partial charge in [0.05, 0.1) is 52.1 Å². The van der Waals surface area contributed by atoms with Gasteiger partial charge in [0.2, 0.25) is 0 Å². The van der Waals surface area contributed by atoms with Gasteiger partial charge in [-0.1, -0.05) is 48.5 Å². The van der Waals surface area contributed by atoms with Crippen LogP contribution in [0, 0.1) is 92.7 Å². The van der Waals surface area contributed by atoms with Gasteiger partial charge in [-0.3, -0.25) is 47.9 Å². The van der Waals surface area contributed by atoms with E-state index in [9.17, 15) is 47.9 Å². The maximum absolute atomic E-state index is 12.3. The second-order valence-electron chi connectivity index (χ2n) is 30.3. The minimum Gasteiger partial charge on any atom is -0.462 e. The van der Waals surface area contributed by atoms with Gasteiger partial charge in [-0.15, -0.1) is 0 Å². The summed E-state index contributed by atoms with van der Waals surface area (Å²) in [7, 11) is 0. The molecule has 6 saturated carbocycles. The number of carbonyl (C=O) groups is 10. The van der Waals surface area contributed by atoms with E-state index in [2.05, 4.69) is 0 Å². The van der Waals surface area contributed by atoms with Crippen molar-refractivity contribution in [2.45, 2.75) is 266 Å². The Morgan fingerprint density at radius 2 is 0.843 bits per heavy atom. The number of carbonyl (C=O) groups excluding carboxylic acids is 10. The summed E-state index contributed by atoms with van der Waals surface area (Å²) in [5, 5.41) is 0. The first-order chi connectivity index (χ1) is 41.9. The van der Waals surface area contributed by atoms with E-state index in [0.29, 0.717) is 48.9 Å². The van der Waals surface area contributed by atoms with Gasteiger partial charge in [0, 0.05) is 35.5 Å². The average Bonchev–Trinajstić information content (AvgIpc) is 1.58. The molecule has 0 amide bonds. The van der Waals surface area contributed by atoms with E-state index in [1.807, 2.05) is 96.9 Å². The van der Waals surface area contributed by atoms with Crippen molar-refractivity contribution in [1.29, 1.82) is 0 Å². The van der Waals surface area contributed by atoms with E-state index in [-0.39, 0.29) is 168 Å². The predicted octanol–water partition coefficient (Wildman–Crippen LogP) is 7.45. The normalized spacial score (nSPS) is 42.6. The highest BCUT2D eigenvalue weighted by molar-refractivity contribution is 5.84. The molecular weight excluding hydrogens is 1160 g/mol. The monoisotopic (exact) mass is 1250 g/mol. The minimum absolute atomic E-state index is 0.0663. The lowest BCUT2D eigenvalue weighted by Gasteiger charge is -2.34. The molecule has 89 heavy (non-hydrogen) atoms. The zero-order valence-electron chi connectivity index (χ0n) is 54.2. The van der Waals surface area contributed by atoms with Gasteiger partial charge in [-0.05, 0) is 132 Å². The second-order valence-corrected chi connectivity index (χ2v) is 30.3. The molecule has 15 aliphatic rings. The summed E-state index contributed by atoms with van der Waals surface area (Å²) in [4.78, 5) is 119. The Bertz CT molecular complexity index is 2830. The van der Waals surface area contributed by atoms with Crippen LogP contribution in [0.15, 0.2) is 0 Å². The molecule has 15 rings (SSSR count). The maximum atomic E-state index is 12.3. The number of rotatable bonds is 15. The SMILES string of the molecule is CCC(C)(C)C(=O)OC1C2CC3C(=O)OC1C3O2.CCC(C)(C)C(=O)OC1C2CC3OC(=O)C1(C)C3C2.CCC(C)(C)C(=O)OC1C2CC3OC(=O)C1C3C2.CCC(C)C(=O)OC1C2CC3C(=O)OC1C3O2.CCC(C)C(=O)OC1C2CC3OC(=O)C1C3C2. The summed E-state index contributed by atoms with van der Waals surface area (Å²) in [6.45, 7) is 26.7. The summed E-state index contributed by atoms with van der Waals surface area (Å²) in [6, 6.07) is 0. The molecule has 6 aliphatic carbocycles. The van der Waals surface area contributed by atoms with Gasteiger partial charge in [0.15, 0.2) is 24.4 Å². The number of ether oxygens (including phenoxy) is 12. The molecule has 0 aromatic heterocycles. The van der Waals surface area contributed by atoms with Crippen LogP contribution in [0.3, 0.4) is 0 Å². The molecule has 15 fully saturated rings. The summed E-state index contributed by atoms with van der Waals surface area (Å²) in [5.74, 6) is -0.937. The van der Waals surface area contributed by atoms with Crippen molar-refractivity contribution in [3.8, 4) is 0 Å². The van der Waals surface area contributed by atoms with E-state index in [1.165, 1.54) is 0 Å². The van der Waals surface area contributed by atoms with Crippen molar-refractivity contribution in [1.82, 2.24) is 0 Å². The van der Waals surface area contributed by atoms with Gasteiger partial charge in [-0.2, -0.15) is 0 Å². The molecule has 494 valence electrons. The van der Waals surface area contributed by atoms with Crippen molar-refractivity contribution in [2.24, 2.45) is 92.7 Å². The molecular formula is C67H94O22. The largest absolute Gasteiger partial charge is 0.462 e. The zero-order chi connectivity index (χ0) is 64.5. The highest BCUT2D eigenvalue weighted by Crippen LogP contribution is 2.63. The highest BCUT2D eigenvalue weighted by atomic mass is 16.7. The van der Waals surface area contributed by atoms with Crippen LogP contribution in [0.25, 0.3) is 0 Å². The minimum atomic E-state index is -0.604. The third-order valence-corrected chi connectivity index (χ3v) is 24.0. The third-order valence-electron chi connectivity index (χ3n) is 24.0. The zero-order valence-corrected chi connectivity index (χ0v) is 54.2. The van der Waals surface area contributed by atoms with E-state index in [4.69, 9.17) is 56.8 Å². The molecule has 22 heteroatoms. The van der Waals surface area contributed by atoms with Gasteiger partial charge < -0.3 is 56.8 Å². The first-order valence-electron chi connectivity index (χ1n) is 33.3. The summed E-state index contributed by atoms with van der Waals surface area (Å²) < 4.78 is 65.8. The molecule has 0 aromatic carbocycles. The van der Waals surface area contributed by atoms with Crippen LogP contribution in [-0.4, -0.2) is 145 Å². The number of hydrogen-bond donors (Lipinski definition) is 0. The molecule has 0 spiro atoms. The summed E-state index contributed by atoms with van der Waals surface area (Å²) in [5.41, 5.74) is -2.07. The molecule has 27 atom stereocenters. The highest BCUT2D eigenvalue weighted by Gasteiger charge is 2.72. The smallest absolute Gasteiger partial charge is 0.316 e. The fourth-order valence-electron chi connectivity index (χ4n) is 16.6. The molecule has 0 N–H and O–H groups in total. The lowest BCUT2D eigenvalue weighted by molar-refractivity contribution is -0.172. The Balaban J connectivity index is 0.000000115. The molecule has 9 aliphatic heterocycles. The Morgan fingerprint density at radius 1 is 0.449 bits per heavy atom. The Labute approximate surface area is 521 Å². The fraction of sp³-hybridized carbons (Fsp3) is 0.851. The van der Waals surface area contributed by atoms with Crippen molar-refractivity contribution < 1.29 is 105 Å². The Kier molecular flexibility index (Phi) is 17.5. The molecule has 0 aromatic rings. The number of esters is 10. The van der Waals surface area contributed by atoms with Crippen LogP contribution in [0.2, 0.25) is 0 Å². The van der Waals surface area contributed by atoms with Crippen molar-refractivity contribution >= 4 is 59.7 Å². The average molecular weight is 1250 g/mol. The van der Waals surface area contributed by atoms with Crippen LogP contribution < -0.4 is 0 Å². The third kappa shape index (κ3) is 11.1. The molecule has 9 saturated heterocycles. The van der Waals surface area contributed by atoms with E-state index < -0.39 is 40.0 Å². The lowest BCUT2D eigenvalue weighted by Crippen LogP contribution is -2.45. The Morgan fingerprint density at radius 3 is 1.28 bits per heavy atom. The molecule has 0 radical (unpaired) electrons. The standard InChI is InChI=1S/C15H22O4.C14H20O4.C13H18O5.C13H18O4.C12H16O5/c1-5-14(2,3)12(16)19-11-8-6-9-10(7-8)18-13(17)15(9,11)4;1-4-14(2,3)13(16)18-11-7-5-8-9(6-7)17-12(15)10(8)11;1-4-13(2,3)12(15)18-9-7-5-6-8(16-7)10(9)17-11(6)14;1-3-6(2)12(14)17-11-7-4-8-9(5-7)16-13(15)10(8)11;1-3-5(2)11(13)16-9-7-4-6-8(15-7)10(9)17-12(6)14/h8-11H,5-7H2,1-4H3;7-11H,4-6H2,1-3H3;6-10H,4-5H2,1-3H3;6-11H,3-5H2,1-2H3;5-10H,3-4H2,1-2H3. The number of fused-ring (bicyclic) bond motifs is 5. The van der Waals surface area contributed by atoms with Gasteiger partial charge in [0.25, 0.3) is 0 Å². The van der Waals surface area contributed by atoms with Crippen LogP contribution in [0.1, 0.15) is 180 Å². The van der Waals surface area contributed by atoms with Crippen molar-refractivity contribution in [2.75, 3.05) is 0 Å². The predicted molar refractivity (Wildman–Crippen MR) is 307 cm³/mol. The van der Waals surface area contributed by atoms with Gasteiger partial charge >= 0.3 is 59.7 Å². The van der Waals surface area contributed by atoms with E-state index in [0.717, 1.165) is 64.2 Å². The topological polar surface area (TPSA) is 281 Å². The lowest BCUT2D eigenvalue weighted by atomic mass is 9.73. The molecule has 9 heterocycles. The quantitative estimate of drug-likeness (QED) is 0.114. The first-order valence-corrected chi connectivity index (χ1v) is 33.3. The molecule has 27 unspecified atom stereocenters. The van der Waals surface area contributed by atoms with Crippen LogP contribution in [0.4, 0.5) is 0 Å². The molecule has 22 nitrogen and oxygen atoms in total. The van der Waals surface area contributed by atoms with Crippen molar-refractivity contribution in [3.05, 3.63) is 0 Å². The van der Waals surface area contributed by atoms with E-state index in [1.54, 1.807) is 0 Å². The van der Waals surface area contributed by atoms with Gasteiger partial charge in [0.1, 0.15) is 66.1 Å². The van der Waals surface area contributed by atoms with Crippen LogP contribution in [-0.2, 0) is 105 Å². The Hall–Kier alpha value is -5.38. The van der Waals surface area contributed by atoms with Gasteiger partial charge in [-0.25, -0.2) is 0 Å².